The Kier molecular flexibility index (Phi) is 3.98. The van der Waals surface area contributed by atoms with E-state index >= 15 is 0 Å². The van der Waals surface area contributed by atoms with E-state index in [4.69, 9.17) is 0 Å². The maximum atomic E-state index is 11.0. The number of aryl methyl sites for hydroxylation is 1. The highest BCUT2D eigenvalue weighted by Gasteiger charge is 2.04. The molecule has 0 atom stereocenters. The van der Waals surface area contributed by atoms with Crippen molar-refractivity contribution < 1.29 is 9.53 Å². The van der Waals surface area contributed by atoms with Crippen molar-refractivity contribution in [1.82, 2.24) is 0 Å². The van der Waals surface area contributed by atoms with Crippen LogP contribution in [-0.2, 0) is 11.2 Å². The molecule has 14 heavy (non-hydrogen) atoms. The highest BCUT2D eigenvalue weighted by molar-refractivity contribution is 5.85. The van der Waals surface area contributed by atoms with E-state index in [1.807, 2.05) is 24.3 Å². The Morgan fingerprint density at radius 2 is 2.14 bits per heavy atom. The van der Waals surface area contributed by atoms with Crippen LogP contribution in [-0.4, -0.2) is 13.2 Å². The Bertz CT molecular complexity index is 310. The minimum Gasteiger partial charge on any atom is -0.453 e. The standard InChI is InChI=1S/C11H15NO2/c1-3-6-9-7-4-5-8-10(9)12-11(13)14-2/h4-5,7-8H,3,6H2,1-2H3,(H,12,13). The maximum Gasteiger partial charge on any atom is 0.411 e. The number of carbonyl (C=O) groups excluding carboxylic acids is 1. The van der Waals surface area contributed by atoms with Crippen molar-refractivity contribution >= 4 is 11.8 Å². The van der Waals surface area contributed by atoms with Crippen LogP contribution >= 0.6 is 0 Å². The van der Waals surface area contributed by atoms with Crippen molar-refractivity contribution in [3.05, 3.63) is 29.8 Å². The molecule has 1 rings (SSSR count). The molecule has 0 aliphatic heterocycles. The highest BCUT2D eigenvalue weighted by atomic mass is 16.5. The number of methoxy groups -OCH3 is 1. The van der Waals surface area contributed by atoms with Crippen LogP contribution in [0, 0.1) is 0 Å². The number of nitrogens with one attached hydrogen (secondary N) is 1. The normalized spacial score (nSPS) is 9.57. The summed E-state index contributed by atoms with van der Waals surface area (Å²) in [7, 11) is 1.36. The molecule has 1 aromatic carbocycles. The molecule has 0 unspecified atom stereocenters. The number of benzene rings is 1. The topological polar surface area (TPSA) is 38.3 Å². The number of hydrogen-bond donors (Lipinski definition) is 1. The van der Waals surface area contributed by atoms with Gasteiger partial charge in [-0.05, 0) is 18.1 Å². The van der Waals surface area contributed by atoms with Gasteiger partial charge in [0, 0.05) is 5.69 Å². The van der Waals surface area contributed by atoms with Crippen LogP contribution < -0.4 is 5.32 Å². The number of hydrogen-bond acceptors (Lipinski definition) is 2. The first-order chi connectivity index (χ1) is 6.77. The summed E-state index contributed by atoms with van der Waals surface area (Å²) in [6.45, 7) is 2.11. The van der Waals surface area contributed by atoms with Gasteiger partial charge < -0.3 is 4.74 Å². The zero-order valence-electron chi connectivity index (χ0n) is 8.54. The number of rotatable bonds is 3. The Morgan fingerprint density at radius 1 is 1.43 bits per heavy atom. The van der Waals surface area contributed by atoms with Crippen LogP contribution in [0.2, 0.25) is 0 Å². The van der Waals surface area contributed by atoms with E-state index in [-0.39, 0.29) is 0 Å². The Labute approximate surface area is 84.1 Å². The molecule has 0 aliphatic rings. The molecule has 76 valence electrons. The summed E-state index contributed by atoms with van der Waals surface area (Å²) in [6, 6.07) is 7.74. The molecule has 1 aromatic rings. The van der Waals surface area contributed by atoms with Gasteiger partial charge in [0.05, 0.1) is 7.11 Å². The van der Waals surface area contributed by atoms with E-state index in [9.17, 15) is 4.79 Å². The van der Waals surface area contributed by atoms with Crippen molar-refractivity contribution in [3.8, 4) is 0 Å². The van der Waals surface area contributed by atoms with Gasteiger partial charge in [0.15, 0.2) is 0 Å². The third-order valence-electron chi connectivity index (χ3n) is 1.96. The number of carbonyl (C=O) groups is 1. The smallest absolute Gasteiger partial charge is 0.411 e. The third-order valence-corrected chi connectivity index (χ3v) is 1.96. The molecular weight excluding hydrogens is 178 g/mol. The van der Waals surface area contributed by atoms with Crippen molar-refractivity contribution in [1.29, 1.82) is 0 Å². The molecule has 0 fully saturated rings. The van der Waals surface area contributed by atoms with E-state index in [0.29, 0.717) is 0 Å². The monoisotopic (exact) mass is 193 g/mol. The Balaban J connectivity index is 2.78. The average molecular weight is 193 g/mol. The van der Waals surface area contributed by atoms with Crippen LogP contribution in [0.1, 0.15) is 18.9 Å². The minimum atomic E-state index is -0.423. The summed E-state index contributed by atoms with van der Waals surface area (Å²) < 4.78 is 4.54. The van der Waals surface area contributed by atoms with Crippen LogP contribution in [0.25, 0.3) is 0 Å². The average Bonchev–Trinajstić information content (AvgIpc) is 2.21. The van der Waals surface area contributed by atoms with E-state index in [0.717, 1.165) is 24.1 Å². The first kappa shape index (κ1) is 10.6. The van der Waals surface area contributed by atoms with Crippen LogP contribution in [0.5, 0.6) is 0 Å². The zero-order chi connectivity index (χ0) is 10.4. The second kappa shape index (κ2) is 5.27. The van der Waals surface area contributed by atoms with Gasteiger partial charge in [0.25, 0.3) is 0 Å². The molecule has 0 radical (unpaired) electrons. The molecule has 0 spiro atoms. The Hall–Kier alpha value is -1.51. The van der Waals surface area contributed by atoms with Gasteiger partial charge >= 0.3 is 6.09 Å². The van der Waals surface area contributed by atoms with Crippen molar-refractivity contribution in [2.45, 2.75) is 19.8 Å². The molecule has 0 saturated carbocycles. The fourth-order valence-corrected chi connectivity index (χ4v) is 1.29. The zero-order valence-corrected chi connectivity index (χ0v) is 8.54. The molecule has 3 heteroatoms. The van der Waals surface area contributed by atoms with Gasteiger partial charge in [0.1, 0.15) is 0 Å². The van der Waals surface area contributed by atoms with Crippen LogP contribution in [0.4, 0.5) is 10.5 Å². The summed E-state index contributed by atoms with van der Waals surface area (Å²) in [6.07, 6.45) is 1.59. The van der Waals surface area contributed by atoms with Crippen molar-refractivity contribution in [3.63, 3.8) is 0 Å². The van der Waals surface area contributed by atoms with Crippen molar-refractivity contribution in [2.75, 3.05) is 12.4 Å². The quantitative estimate of drug-likeness (QED) is 0.801. The number of para-hydroxylation sites is 1. The summed E-state index contributed by atoms with van der Waals surface area (Å²) in [4.78, 5) is 11.0. The highest BCUT2D eigenvalue weighted by Crippen LogP contribution is 2.16. The lowest BCUT2D eigenvalue weighted by Crippen LogP contribution is -2.12. The van der Waals surface area contributed by atoms with E-state index < -0.39 is 6.09 Å². The second-order valence-electron chi connectivity index (χ2n) is 3.02. The third kappa shape index (κ3) is 2.76. The predicted octanol–water partition coefficient (Wildman–Crippen LogP) is 2.82. The molecule has 3 nitrogen and oxygen atoms in total. The first-order valence-electron chi connectivity index (χ1n) is 4.70. The van der Waals surface area contributed by atoms with E-state index in [2.05, 4.69) is 17.0 Å². The number of anilines is 1. The lowest BCUT2D eigenvalue weighted by atomic mass is 10.1. The van der Waals surface area contributed by atoms with Crippen LogP contribution in [0.3, 0.4) is 0 Å². The fourth-order valence-electron chi connectivity index (χ4n) is 1.29. The lowest BCUT2D eigenvalue weighted by molar-refractivity contribution is 0.187. The largest absolute Gasteiger partial charge is 0.453 e. The van der Waals surface area contributed by atoms with Gasteiger partial charge in [-0.2, -0.15) is 0 Å². The number of ether oxygens (including phenoxy) is 1. The van der Waals surface area contributed by atoms with Crippen molar-refractivity contribution in [2.24, 2.45) is 0 Å². The fraction of sp³-hybridized carbons (Fsp3) is 0.364. The summed E-state index contributed by atoms with van der Waals surface area (Å²) in [5.41, 5.74) is 1.97. The molecule has 0 bridgehead atoms. The van der Waals surface area contributed by atoms with E-state index in [1.165, 1.54) is 7.11 Å². The van der Waals surface area contributed by atoms with Gasteiger partial charge in [-0.25, -0.2) is 4.79 Å². The van der Waals surface area contributed by atoms with Gasteiger partial charge in [-0.15, -0.1) is 0 Å². The van der Waals surface area contributed by atoms with E-state index in [1.54, 1.807) is 0 Å². The van der Waals surface area contributed by atoms with Crippen LogP contribution in [0.15, 0.2) is 24.3 Å². The Morgan fingerprint density at radius 3 is 2.79 bits per heavy atom. The van der Waals surface area contributed by atoms with Gasteiger partial charge in [-0.1, -0.05) is 31.5 Å². The summed E-state index contributed by atoms with van der Waals surface area (Å²) >= 11 is 0. The van der Waals surface area contributed by atoms with Gasteiger partial charge in [0.2, 0.25) is 0 Å². The first-order valence-corrected chi connectivity index (χ1v) is 4.70. The molecule has 1 amide bonds. The summed E-state index contributed by atoms with van der Waals surface area (Å²) in [5.74, 6) is 0. The van der Waals surface area contributed by atoms with Gasteiger partial charge in [-0.3, -0.25) is 5.32 Å². The summed E-state index contributed by atoms with van der Waals surface area (Å²) in [5, 5.41) is 2.68. The maximum absolute atomic E-state index is 11.0. The minimum absolute atomic E-state index is 0.423. The molecule has 0 heterocycles. The second-order valence-corrected chi connectivity index (χ2v) is 3.02. The molecule has 0 aliphatic carbocycles. The molecule has 1 N–H and O–H groups in total. The SMILES string of the molecule is CCCc1ccccc1NC(=O)OC. The molecular formula is C11H15NO2. The predicted molar refractivity (Wildman–Crippen MR) is 56.5 cm³/mol. The molecule has 0 saturated heterocycles. The number of amides is 1. The molecule has 0 aromatic heterocycles. The lowest BCUT2D eigenvalue weighted by Gasteiger charge is -2.08.